The third-order valence-corrected chi connectivity index (χ3v) is 5.75. The second-order valence-corrected chi connectivity index (χ2v) is 8.25. The first kappa shape index (κ1) is 29.7. The van der Waals surface area contributed by atoms with Gasteiger partial charge < -0.3 is 24.8 Å². The van der Waals surface area contributed by atoms with Gasteiger partial charge in [-0.25, -0.2) is 5.57 Å². The molecule has 0 bridgehead atoms. The molecule has 3 heteroatoms. The molecular formula is C28H30Cl2Zr. The number of allylic oxidation sites excluding steroid dienone is 4. The SMILES string of the molecule is CC1=[C-]C(C)(C)C(C)=C1C.Cc1cc2c(/C=C/c3ccccc3)cccc2[cH-]1.[Cl-].[Cl-].[Zr+4]. The van der Waals surface area contributed by atoms with Gasteiger partial charge in [0.05, 0.1) is 0 Å². The van der Waals surface area contributed by atoms with Crippen LogP contribution in [0.4, 0.5) is 0 Å². The van der Waals surface area contributed by atoms with Crippen LogP contribution in [-0.4, -0.2) is 0 Å². The van der Waals surface area contributed by atoms with Crippen LogP contribution >= 0.6 is 0 Å². The molecule has 3 aromatic carbocycles. The number of rotatable bonds is 2. The molecule has 1 aliphatic rings. The topological polar surface area (TPSA) is 0 Å². The molecule has 0 amide bonds. The van der Waals surface area contributed by atoms with Crippen molar-refractivity contribution in [3.05, 3.63) is 100 Å². The van der Waals surface area contributed by atoms with Crippen molar-refractivity contribution in [3.63, 3.8) is 0 Å². The van der Waals surface area contributed by atoms with Gasteiger partial charge in [0, 0.05) is 0 Å². The molecule has 1 aliphatic carbocycles. The number of hydrogen-bond donors (Lipinski definition) is 0. The van der Waals surface area contributed by atoms with Crippen LogP contribution in [0.2, 0.25) is 0 Å². The van der Waals surface area contributed by atoms with Gasteiger partial charge in [-0.1, -0.05) is 94.1 Å². The quantitative estimate of drug-likeness (QED) is 0.353. The predicted molar refractivity (Wildman–Crippen MR) is 124 cm³/mol. The standard InChI is InChI=1S/C18H15.C10H15.2ClH.Zr/c1-14-12-17-9-5-8-16(18(17)13-14)11-10-15-6-3-2-4-7-15;1-7-6-10(4,5)9(3)8(7)2;;;/h2-13H,1H3;1-5H3;2*1H;/q2*-1;;;+4/p-2/b11-10+;;;;. The zero-order valence-corrected chi connectivity index (χ0v) is 23.2. The van der Waals surface area contributed by atoms with Crippen molar-refractivity contribution in [2.24, 2.45) is 5.41 Å². The van der Waals surface area contributed by atoms with E-state index in [0.717, 1.165) is 0 Å². The Hall–Kier alpha value is -1.27. The van der Waals surface area contributed by atoms with Gasteiger partial charge in [0.15, 0.2) is 0 Å². The molecule has 0 saturated heterocycles. The molecule has 0 fully saturated rings. The van der Waals surface area contributed by atoms with Crippen molar-refractivity contribution in [2.75, 3.05) is 0 Å². The van der Waals surface area contributed by atoms with Gasteiger partial charge in [-0.05, 0) is 5.56 Å². The molecule has 4 rings (SSSR count). The van der Waals surface area contributed by atoms with Crippen molar-refractivity contribution < 1.29 is 51.0 Å². The number of halogens is 2. The summed E-state index contributed by atoms with van der Waals surface area (Å²) in [5.41, 5.74) is 8.24. The normalized spacial score (nSPS) is 14.2. The minimum atomic E-state index is 0. The van der Waals surface area contributed by atoms with E-state index in [1.54, 1.807) is 0 Å². The molecule has 0 radical (unpaired) electrons. The van der Waals surface area contributed by atoms with E-state index in [1.807, 2.05) is 6.07 Å². The van der Waals surface area contributed by atoms with Gasteiger partial charge >= 0.3 is 26.2 Å². The molecule has 160 valence electrons. The van der Waals surface area contributed by atoms with E-state index in [-0.39, 0.29) is 56.4 Å². The Bertz CT molecular complexity index is 1070. The number of benzene rings is 2. The predicted octanol–water partition coefficient (Wildman–Crippen LogP) is 2.16. The summed E-state index contributed by atoms with van der Waals surface area (Å²) in [6, 6.07) is 21.3. The van der Waals surface area contributed by atoms with Crippen LogP contribution in [0.25, 0.3) is 22.9 Å². The Balaban J connectivity index is 0.000000604. The third kappa shape index (κ3) is 7.38. The fourth-order valence-corrected chi connectivity index (χ4v) is 3.71. The van der Waals surface area contributed by atoms with E-state index in [2.05, 4.69) is 114 Å². The maximum atomic E-state index is 3.44. The first-order valence-corrected chi connectivity index (χ1v) is 9.97. The van der Waals surface area contributed by atoms with Crippen molar-refractivity contribution in [1.29, 1.82) is 0 Å². The Morgan fingerprint density at radius 1 is 0.839 bits per heavy atom. The fraction of sp³-hybridized carbons (Fsp3) is 0.250. The van der Waals surface area contributed by atoms with E-state index in [0.29, 0.717) is 0 Å². The Morgan fingerprint density at radius 3 is 2.00 bits per heavy atom. The summed E-state index contributed by atoms with van der Waals surface area (Å²) in [7, 11) is 0. The largest absolute Gasteiger partial charge is 4.00 e. The Kier molecular flexibility index (Phi) is 12.2. The smallest absolute Gasteiger partial charge is 1.00 e. The molecule has 0 aromatic heterocycles. The molecule has 31 heavy (non-hydrogen) atoms. The Morgan fingerprint density at radius 2 is 1.48 bits per heavy atom. The minimum Gasteiger partial charge on any atom is -1.00 e. The number of aryl methyl sites for hydroxylation is 1. The van der Waals surface area contributed by atoms with E-state index in [4.69, 9.17) is 0 Å². The van der Waals surface area contributed by atoms with Crippen LogP contribution in [0.3, 0.4) is 0 Å². The van der Waals surface area contributed by atoms with E-state index in [9.17, 15) is 0 Å². The van der Waals surface area contributed by atoms with Crippen molar-refractivity contribution >= 4 is 22.9 Å². The molecule has 0 nitrogen and oxygen atoms in total. The summed E-state index contributed by atoms with van der Waals surface area (Å²) in [5, 5.41) is 2.66. The maximum Gasteiger partial charge on any atom is 4.00 e. The van der Waals surface area contributed by atoms with Gasteiger partial charge in [0.1, 0.15) is 0 Å². The third-order valence-electron chi connectivity index (χ3n) is 5.75. The average molecular weight is 529 g/mol. The van der Waals surface area contributed by atoms with Gasteiger partial charge in [-0.2, -0.15) is 17.2 Å². The number of hydrogen-bond acceptors (Lipinski definition) is 0. The van der Waals surface area contributed by atoms with Gasteiger partial charge in [-0.3, -0.25) is 6.08 Å². The summed E-state index contributed by atoms with van der Waals surface area (Å²) in [6.45, 7) is 13.1. The second-order valence-electron chi connectivity index (χ2n) is 8.25. The molecule has 0 saturated carbocycles. The second kappa shape index (κ2) is 12.7. The first-order valence-electron chi connectivity index (χ1n) is 9.97. The van der Waals surface area contributed by atoms with E-state index < -0.39 is 0 Å². The van der Waals surface area contributed by atoms with Crippen molar-refractivity contribution in [2.45, 2.75) is 41.5 Å². The minimum absolute atomic E-state index is 0. The molecule has 0 N–H and O–H groups in total. The average Bonchev–Trinajstić information content (AvgIpc) is 3.13. The monoisotopic (exact) mass is 526 g/mol. The summed E-state index contributed by atoms with van der Waals surface area (Å²) < 4.78 is 0. The molecular weight excluding hydrogens is 498 g/mol. The van der Waals surface area contributed by atoms with Crippen LogP contribution in [0.15, 0.2) is 77.4 Å². The fourth-order valence-electron chi connectivity index (χ4n) is 3.71. The summed E-state index contributed by atoms with van der Waals surface area (Å²) in [5.74, 6) is 0. The molecule has 3 aromatic rings. The molecule has 0 aliphatic heterocycles. The summed E-state index contributed by atoms with van der Waals surface area (Å²) >= 11 is 0. The van der Waals surface area contributed by atoms with Crippen molar-refractivity contribution in [1.82, 2.24) is 0 Å². The first-order chi connectivity index (χ1) is 13.3. The van der Waals surface area contributed by atoms with Crippen molar-refractivity contribution in [3.8, 4) is 0 Å². The van der Waals surface area contributed by atoms with Crippen LogP contribution in [0.1, 0.15) is 51.3 Å². The van der Waals surface area contributed by atoms with Gasteiger partial charge in [0.25, 0.3) is 0 Å². The summed E-state index contributed by atoms with van der Waals surface area (Å²) in [6.07, 6.45) is 7.79. The maximum absolute atomic E-state index is 3.44. The summed E-state index contributed by atoms with van der Waals surface area (Å²) in [4.78, 5) is 0. The zero-order valence-electron chi connectivity index (χ0n) is 19.2. The zero-order chi connectivity index (χ0) is 20.3. The molecule has 0 heterocycles. The van der Waals surface area contributed by atoms with E-state index >= 15 is 0 Å². The van der Waals surface area contributed by atoms with Crippen LogP contribution in [-0.2, 0) is 26.2 Å². The molecule has 0 unspecified atom stereocenters. The number of fused-ring (bicyclic) bond motifs is 1. The van der Waals surface area contributed by atoms with Crippen LogP contribution in [0.5, 0.6) is 0 Å². The van der Waals surface area contributed by atoms with Gasteiger partial charge in [0.2, 0.25) is 0 Å². The van der Waals surface area contributed by atoms with E-state index in [1.165, 1.54) is 44.2 Å². The van der Waals surface area contributed by atoms with Crippen LogP contribution < -0.4 is 24.8 Å². The molecule has 0 atom stereocenters. The molecule has 0 spiro atoms. The Labute approximate surface area is 219 Å². The van der Waals surface area contributed by atoms with Crippen LogP contribution in [0, 0.1) is 18.4 Å². The van der Waals surface area contributed by atoms with Gasteiger partial charge in [-0.15, -0.1) is 41.5 Å².